The Morgan fingerprint density at radius 3 is 2.67 bits per heavy atom. The van der Waals surface area contributed by atoms with Crippen LogP contribution in [0.15, 0.2) is 6.33 Å². The molecule has 2 amide bonds. The summed E-state index contributed by atoms with van der Waals surface area (Å²) in [6.45, 7) is 4.28. The normalized spacial score (nSPS) is 21.6. The number of nitrogens with zero attached hydrogens (tertiary/aromatic N) is 1. The van der Waals surface area contributed by atoms with Crippen LogP contribution in [-0.2, 0) is 4.74 Å². The molecular formula is C14H22N4O3. The average Bonchev–Trinajstić information content (AvgIpc) is 2.87. The number of imidazole rings is 1. The van der Waals surface area contributed by atoms with Gasteiger partial charge in [-0.3, -0.25) is 0 Å². The molecule has 0 bridgehead atoms. The van der Waals surface area contributed by atoms with Crippen LogP contribution in [0.5, 0.6) is 0 Å². The quantitative estimate of drug-likeness (QED) is 0.733. The zero-order chi connectivity index (χ0) is 15.2. The van der Waals surface area contributed by atoms with Crippen LogP contribution in [0, 0.1) is 6.92 Å². The number of aromatic nitrogens is 2. The van der Waals surface area contributed by atoms with Crippen LogP contribution < -0.4 is 10.6 Å². The molecule has 0 unspecified atom stereocenters. The highest BCUT2D eigenvalue weighted by molar-refractivity contribution is 5.88. The molecule has 21 heavy (non-hydrogen) atoms. The van der Waals surface area contributed by atoms with Crippen LogP contribution in [0.1, 0.15) is 48.8 Å². The van der Waals surface area contributed by atoms with Crippen molar-refractivity contribution < 1.29 is 14.3 Å². The summed E-state index contributed by atoms with van der Waals surface area (Å²) < 4.78 is 5.47. The number of aromatic amines is 1. The molecule has 1 aromatic heterocycles. The zero-order valence-electron chi connectivity index (χ0n) is 12.4. The van der Waals surface area contributed by atoms with Crippen molar-refractivity contribution in [1.29, 1.82) is 0 Å². The Labute approximate surface area is 123 Å². The minimum absolute atomic E-state index is 0.0964. The Morgan fingerprint density at radius 2 is 2.10 bits per heavy atom. The van der Waals surface area contributed by atoms with Gasteiger partial charge in [-0.05, 0) is 39.5 Å². The summed E-state index contributed by atoms with van der Waals surface area (Å²) >= 11 is 0. The number of esters is 1. The monoisotopic (exact) mass is 294 g/mol. The van der Waals surface area contributed by atoms with Gasteiger partial charge in [0.15, 0.2) is 5.69 Å². The molecular weight excluding hydrogens is 272 g/mol. The van der Waals surface area contributed by atoms with Crippen LogP contribution in [-0.4, -0.2) is 40.7 Å². The van der Waals surface area contributed by atoms with Gasteiger partial charge in [0.1, 0.15) is 6.10 Å². The molecule has 2 rings (SSSR count). The molecule has 116 valence electrons. The number of amides is 2. The van der Waals surface area contributed by atoms with Gasteiger partial charge in [0.2, 0.25) is 0 Å². The van der Waals surface area contributed by atoms with Crippen molar-refractivity contribution >= 4 is 12.0 Å². The number of hydrogen-bond acceptors (Lipinski definition) is 4. The molecule has 1 fully saturated rings. The second-order valence-corrected chi connectivity index (χ2v) is 5.26. The molecule has 1 saturated carbocycles. The van der Waals surface area contributed by atoms with Crippen LogP contribution in [0.2, 0.25) is 0 Å². The van der Waals surface area contributed by atoms with E-state index < -0.39 is 0 Å². The largest absolute Gasteiger partial charge is 0.458 e. The van der Waals surface area contributed by atoms with Crippen LogP contribution >= 0.6 is 0 Å². The fourth-order valence-electron chi connectivity index (χ4n) is 2.49. The first-order valence-corrected chi connectivity index (χ1v) is 7.35. The topological polar surface area (TPSA) is 96.1 Å². The molecule has 1 aliphatic carbocycles. The Hall–Kier alpha value is -2.05. The second kappa shape index (κ2) is 7.10. The van der Waals surface area contributed by atoms with Gasteiger partial charge in [-0.1, -0.05) is 0 Å². The highest BCUT2D eigenvalue weighted by atomic mass is 16.5. The van der Waals surface area contributed by atoms with Gasteiger partial charge in [0, 0.05) is 18.3 Å². The summed E-state index contributed by atoms with van der Waals surface area (Å²) in [4.78, 5) is 30.2. The SMILES string of the molecule is CCNC(=O)NC1CCC(OC(=O)c2nc[nH]c2C)CC1. The standard InChI is InChI=1S/C14H22N4O3/c1-3-15-14(20)18-10-4-6-11(7-5-10)21-13(19)12-9(2)16-8-17-12/h8,10-11H,3-7H2,1-2H3,(H,16,17)(H2,15,18,20). The van der Waals surface area contributed by atoms with Crippen LogP contribution in [0.25, 0.3) is 0 Å². The summed E-state index contributed by atoms with van der Waals surface area (Å²) in [7, 11) is 0. The lowest BCUT2D eigenvalue weighted by Gasteiger charge is -2.28. The predicted octanol–water partition coefficient (Wildman–Crippen LogP) is 1.51. The Kier molecular flexibility index (Phi) is 5.19. The maximum Gasteiger partial charge on any atom is 0.359 e. The molecule has 7 nitrogen and oxygen atoms in total. The van der Waals surface area contributed by atoms with Gasteiger partial charge in [-0.15, -0.1) is 0 Å². The number of carbonyl (C=O) groups is 2. The van der Waals surface area contributed by atoms with Gasteiger partial charge >= 0.3 is 12.0 Å². The van der Waals surface area contributed by atoms with Crippen molar-refractivity contribution in [1.82, 2.24) is 20.6 Å². The number of rotatable bonds is 4. The zero-order valence-corrected chi connectivity index (χ0v) is 12.4. The number of nitrogens with one attached hydrogen (secondary N) is 3. The fraction of sp³-hybridized carbons (Fsp3) is 0.643. The van der Waals surface area contributed by atoms with E-state index in [1.54, 1.807) is 6.92 Å². The van der Waals surface area contributed by atoms with Gasteiger partial charge in [0.05, 0.1) is 6.33 Å². The molecule has 0 aliphatic heterocycles. The van der Waals surface area contributed by atoms with E-state index in [1.165, 1.54) is 6.33 Å². The van der Waals surface area contributed by atoms with E-state index >= 15 is 0 Å². The molecule has 1 heterocycles. The van der Waals surface area contributed by atoms with Gasteiger partial charge in [0.25, 0.3) is 0 Å². The average molecular weight is 294 g/mol. The second-order valence-electron chi connectivity index (χ2n) is 5.26. The molecule has 0 radical (unpaired) electrons. The molecule has 7 heteroatoms. The maximum absolute atomic E-state index is 12.0. The highest BCUT2D eigenvalue weighted by Crippen LogP contribution is 2.22. The number of aryl methyl sites for hydroxylation is 1. The van der Waals surface area contributed by atoms with Gasteiger partial charge in [-0.2, -0.15) is 0 Å². The Balaban J connectivity index is 1.75. The third-order valence-electron chi connectivity index (χ3n) is 3.64. The van der Waals surface area contributed by atoms with E-state index in [0.717, 1.165) is 25.7 Å². The summed E-state index contributed by atoms with van der Waals surface area (Å²) in [6.07, 6.45) is 4.53. The minimum Gasteiger partial charge on any atom is -0.458 e. The van der Waals surface area contributed by atoms with E-state index in [-0.39, 0.29) is 24.1 Å². The lowest BCUT2D eigenvalue weighted by atomic mass is 9.93. The minimum atomic E-state index is -0.381. The fourth-order valence-corrected chi connectivity index (χ4v) is 2.49. The Morgan fingerprint density at radius 1 is 1.38 bits per heavy atom. The summed E-state index contributed by atoms with van der Waals surface area (Å²) in [5, 5.41) is 5.64. The van der Waals surface area contributed by atoms with E-state index in [1.807, 2.05) is 6.92 Å². The number of H-pyrrole nitrogens is 1. The van der Waals surface area contributed by atoms with Gasteiger partial charge in [-0.25, -0.2) is 14.6 Å². The third kappa shape index (κ3) is 4.21. The van der Waals surface area contributed by atoms with Crippen molar-refractivity contribution in [2.45, 2.75) is 51.7 Å². The van der Waals surface area contributed by atoms with Crippen molar-refractivity contribution in [3.05, 3.63) is 17.7 Å². The summed E-state index contributed by atoms with van der Waals surface area (Å²) in [5.74, 6) is -0.381. The highest BCUT2D eigenvalue weighted by Gasteiger charge is 2.26. The molecule has 1 aromatic rings. The lowest BCUT2D eigenvalue weighted by molar-refractivity contribution is 0.0181. The van der Waals surface area contributed by atoms with Crippen molar-refractivity contribution in [2.75, 3.05) is 6.54 Å². The van der Waals surface area contributed by atoms with E-state index in [0.29, 0.717) is 17.9 Å². The van der Waals surface area contributed by atoms with Crippen LogP contribution in [0.4, 0.5) is 4.79 Å². The molecule has 0 saturated heterocycles. The predicted molar refractivity (Wildman–Crippen MR) is 77.0 cm³/mol. The lowest BCUT2D eigenvalue weighted by Crippen LogP contribution is -2.44. The first-order valence-electron chi connectivity index (χ1n) is 7.35. The Bertz CT molecular complexity index is 492. The summed E-state index contributed by atoms with van der Waals surface area (Å²) in [5.41, 5.74) is 1.06. The van der Waals surface area contributed by atoms with Crippen molar-refractivity contribution in [2.24, 2.45) is 0 Å². The number of hydrogen-bond donors (Lipinski definition) is 3. The molecule has 0 spiro atoms. The number of urea groups is 1. The van der Waals surface area contributed by atoms with E-state index in [4.69, 9.17) is 4.74 Å². The molecule has 0 atom stereocenters. The molecule has 1 aliphatic rings. The molecule has 3 N–H and O–H groups in total. The number of carbonyl (C=O) groups excluding carboxylic acids is 2. The van der Waals surface area contributed by atoms with E-state index in [9.17, 15) is 9.59 Å². The van der Waals surface area contributed by atoms with Crippen LogP contribution in [0.3, 0.4) is 0 Å². The number of ether oxygens (including phenoxy) is 1. The maximum atomic E-state index is 12.0. The van der Waals surface area contributed by atoms with E-state index in [2.05, 4.69) is 20.6 Å². The first kappa shape index (κ1) is 15.3. The third-order valence-corrected chi connectivity index (χ3v) is 3.64. The van der Waals surface area contributed by atoms with Crippen molar-refractivity contribution in [3.63, 3.8) is 0 Å². The first-order chi connectivity index (χ1) is 10.1. The molecule has 0 aromatic carbocycles. The van der Waals surface area contributed by atoms with Crippen molar-refractivity contribution in [3.8, 4) is 0 Å². The summed E-state index contributed by atoms with van der Waals surface area (Å²) in [6, 6.07) is 0.0173. The van der Waals surface area contributed by atoms with Gasteiger partial charge < -0.3 is 20.4 Å². The smallest absolute Gasteiger partial charge is 0.359 e.